The minimum atomic E-state index is 0.596. The molecule has 0 saturated carbocycles. The van der Waals surface area contributed by atoms with E-state index in [1.54, 1.807) is 6.08 Å². The van der Waals surface area contributed by atoms with Crippen LogP contribution < -0.4 is 0 Å². The van der Waals surface area contributed by atoms with Crippen LogP contribution in [0.5, 0.6) is 0 Å². The molecule has 0 radical (unpaired) electrons. The van der Waals surface area contributed by atoms with Crippen molar-refractivity contribution in [3.63, 3.8) is 0 Å². The summed E-state index contributed by atoms with van der Waals surface area (Å²) in [4.78, 5) is 4.87. The number of nitrogens with zero attached hydrogens (tertiary/aromatic N) is 1. The van der Waals surface area contributed by atoms with E-state index in [2.05, 4.69) is 137 Å². The molecule has 0 fully saturated rings. The van der Waals surface area contributed by atoms with Crippen molar-refractivity contribution in [1.82, 2.24) is 4.98 Å². The normalized spacial score (nSPS) is 12.2. The minimum Gasteiger partial charge on any atom is -0.436 e. The van der Waals surface area contributed by atoms with Gasteiger partial charge < -0.3 is 4.42 Å². The topological polar surface area (TPSA) is 26.0 Å². The summed E-state index contributed by atoms with van der Waals surface area (Å²) in [6, 6.07) is 40.4. The molecule has 1 aromatic heterocycles. The molecule has 8 rings (SSSR count). The molecule has 49 heavy (non-hydrogen) atoms. The molecule has 0 unspecified atom stereocenters. The number of oxazole rings is 1. The van der Waals surface area contributed by atoms with Crippen LogP contribution in [0.2, 0.25) is 0 Å². The molecule has 2 nitrogen and oxygen atoms in total. The van der Waals surface area contributed by atoms with E-state index in [1.807, 2.05) is 31.3 Å². The maximum Gasteiger partial charge on any atom is 0.227 e. The first kappa shape index (κ1) is 30.4. The summed E-state index contributed by atoms with van der Waals surface area (Å²) < 4.78 is 6.57. The molecule has 0 atom stereocenters. The molecule has 236 valence electrons. The van der Waals surface area contributed by atoms with Crippen molar-refractivity contribution in [3.8, 4) is 44.8 Å². The Morgan fingerprint density at radius 3 is 1.39 bits per heavy atom. The SMILES string of the molecule is C=C/C=C(\C=C/C)c1cnc(-c2cc(-c3ccc(C)cc3)c3ccc4c(-c5ccc(C)cc5)cc(-c5ccc(C)cc5)c5ccc2c3c45)o1. The monoisotopic (exact) mass is 631 g/mol. The van der Waals surface area contributed by atoms with Gasteiger partial charge in [0, 0.05) is 11.1 Å². The van der Waals surface area contributed by atoms with Gasteiger partial charge in [-0.15, -0.1) is 0 Å². The fourth-order valence-corrected chi connectivity index (χ4v) is 7.14. The van der Waals surface area contributed by atoms with E-state index in [0.717, 1.165) is 27.6 Å². The molecule has 7 aromatic carbocycles. The van der Waals surface area contributed by atoms with Gasteiger partial charge in [-0.25, -0.2) is 4.98 Å². The smallest absolute Gasteiger partial charge is 0.227 e. The van der Waals surface area contributed by atoms with Gasteiger partial charge in [0.15, 0.2) is 5.76 Å². The summed E-state index contributed by atoms with van der Waals surface area (Å²) in [7, 11) is 0. The van der Waals surface area contributed by atoms with E-state index < -0.39 is 0 Å². The van der Waals surface area contributed by atoms with Crippen LogP contribution in [0.3, 0.4) is 0 Å². The Bertz CT molecular complexity index is 2490. The first-order valence-electron chi connectivity index (χ1n) is 16.8. The van der Waals surface area contributed by atoms with Gasteiger partial charge in [-0.3, -0.25) is 0 Å². The van der Waals surface area contributed by atoms with Crippen molar-refractivity contribution >= 4 is 37.9 Å². The molecule has 2 heteroatoms. The molecular formula is C47H37NO. The minimum absolute atomic E-state index is 0.596. The number of hydrogen-bond donors (Lipinski definition) is 0. The molecule has 0 aliphatic rings. The molecule has 0 spiro atoms. The van der Waals surface area contributed by atoms with E-state index in [-0.39, 0.29) is 0 Å². The number of aryl methyl sites for hydroxylation is 3. The van der Waals surface area contributed by atoms with E-state index in [4.69, 9.17) is 9.40 Å². The first-order chi connectivity index (χ1) is 23.9. The van der Waals surface area contributed by atoms with Crippen molar-refractivity contribution in [3.05, 3.63) is 169 Å². The number of aromatic nitrogens is 1. The molecule has 0 bridgehead atoms. The van der Waals surface area contributed by atoms with Crippen molar-refractivity contribution in [1.29, 1.82) is 0 Å². The largest absolute Gasteiger partial charge is 0.436 e. The Kier molecular flexibility index (Phi) is 7.57. The first-order valence-corrected chi connectivity index (χ1v) is 16.8. The zero-order valence-corrected chi connectivity index (χ0v) is 28.3. The molecule has 0 aliphatic heterocycles. The van der Waals surface area contributed by atoms with Gasteiger partial charge in [0.1, 0.15) is 0 Å². The van der Waals surface area contributed by atoms with Gasteiger partial charge in [0.25, 0.3) is 0 Å². The van der Waals surface area contributed by atoms with E-state index in [0.29, 0.717) is 11.7 Å². The average molecular weight is 632 g/mol. The maximum atomic E-state index is 6.57. The van der Waals surface area contributed by atoms with Crippen LogP contribution in [0.1, 0.15) is 29.4 Å². The van der Waals surface area contributed by atoms with Gasteiger partial charge in [0.05, 0.1) is 6.20 Å². The quantitative estimate of drug-likeness (QED) is 0.129. The van der Waals surface area contributed by atoms with Gasteiger partial charge in [-0.2, -0.15) is 0 Å². The van der Waals surface area contributed by atoms with Gasteiger partial charge in [-0.1, -0.05) is 145 Å². The molecule has 1 heterocycles. The maximum absolute atomic E-state index is 6.57. The zero-order chi connectivity index (χ0) is 33.6. The average Bonchev–Trinajstić information content (AvgIpc) is 3.61. The van der Waals surface area contributed by atoms with Gasteiger partial charge in [-0.05, 0) is 106 Å². The van der Waals surface area contributed by atoms with E-state index in [1.165, 1.54) is 65.9 Å². The summed E-state index contributed by atoms with van der Waals surface area (Å²) in [6.45, 7) is 12.3. The number of benzene rings is 7. The summed E-state index contributed by atoms with van der Waals surface area (Å²) in [5, 5.41) is 7.28. The van der Waals surface area contributed by atoms with Gasteiger partial charge >= 0.3 is 0 Å². The van der Waals surface area contributed by atoms with E-state index in [9.17, 15) is 0 Å². The lowest BCUT2D eigenvalue weighted by Gasteiger charge is -2.21. The Morgan fingerprint density at radius 2 is 0.980 bits per heavy atom. The van der Waals surface area contributed by atoms with E-state index >= 15 is 0 Å². The Morgan fingerprint density at radius 1 is 0.571 bits per heavy atom. The lowest BCUT2D eigenvalue weighted by atomic mass is 9.82. The van der Waals surface area contributed by atoms with Crippen LogP contribution in [0, 0.1) is 20.8 Å². The fourth-order valence-electron chi connectivity index (χ4n) is 7.14. The standard InChI is InChI=1S/C47H37NO/c1-6-8-35(9-7-2)44-28-48-47(49-44)43-27-42(34-20-14-31(5)15-21-34)38-23-22-36-40(32-16-10-29(3)11-17-32)26-41(33-18-12-30(4)13-19-33)37-24-25-39(43)46(38)45(36)37/h6-28H,1H2,2-5H3/b9-7-,35-8+. The summed E-state index contributed by atoms with van der Waals surface area (Å²) in [5.41, 5.74) is 12.8. The molecule has 0 amide bonds. The third-order valence-electron chi connectivity index (χ3n) is 9.65. The predicted octanol–water partition coefficient (Wildman–Crippen LogP) is 13.3. The summed E-state index contributed by atoms with van der Waals surface area (Å²) in [6.07, 6.45) is 9.57. The van der Waals surface area contributed by atoms with Crippen molar-refractivity contribution < 1.29 is 4.42 Å². The second kappa shape index (κ2) is 12.2. The molecule has 0 saturated heterocycles. The van der Waals surface area contributed by atoms with Crippen LogP contribution in [0.4, 0.5) is 0 Å². The lowest BCUT2D eigenvalue weighted by Crippen LogP contribution is -1.94. The van der Waals surface area contributed by atoms with Crippen molar-refractivity contribution in [2.24, 2.45) is 0 Å². The summed E-state index contributed by atoms with van der Waals surface area (Å²) >= 11 is 0. The predicted molar refractivity (Wildman–Crippen MR) is 209 cm³/mol. The Hall–Kier alpha value is -5.99. The molecule has 8 aromatic rings. The lowest BCUT2D eigenvalue weighted by molar-refractivity contribution is 0.562. The highest BCUT2D eigenvalue weighted by Crippen LogP contribution is 2.48. The molecule has 0 aliphatic carbocycles. The highest BCUT2D eigenvalue weighted by atomic mass is 16.4. The highest BCUT2D eigenvalue weighted by molar-refractivity contribution is 6.31. The Labute approximate surface area is 287 Å². The fraction of sp³-hybridized carbons (Fsp3) is 0.0851. The number of allylic oxidation sites excluding steroid dienone is 5. The van der Waals surface area contributed by atoms with Crippen LogP contribution in [-0.2, 0) is 0 Å². The second-order valence-corrected chi connectivity index (χ2v) is 13.0. The van der Waals surface area contributed by atoms with Crippen LogP contribution in [0.15, 0.2) is 151 Å². The Balaban J connectivity index is 1.51. The van der Waals surface area contributed by atoms with Crippen LogP contribution in [-0.4, -0.2) is 4.98 Å². The molecular weight excluding hydrogens is 595 g/mol. The van der Waals surface area contributed by atoms with Gasteiger partial charge in [0.2, 0.25) is 5.89 Å². The van der Waals surface area contributed by atoms with Crippen molar-refractivity contribution in [2.75, 3.05) is 0 Å². The number of hydrogen-bond acceptors (Lipinski definition) is 2. The summed E-state index contributed by atoms with van der Waals surface area (Å²) in [5.74, 6) is 1.30. The highest BCUT2D eigenvalue weighted by Gasteiger charge is 2.22. The molecule has 0 N–H and O–H groups in total. The third kappa shape index (κ3) is 5.27. The number of rotatable bonds is 7. The third-order valence-corrected chi connectivity index (χ3v) is 9.65. The van der Waals surface area contributed by atoms with Crippen molar-refractivity contribution in [2.45, 2.75) is 27.7 Å². The second-order valence-electron chi connectivity index (χ2n) is 13.0. The van der Waals surface area contributed by atoms with Crippen LogP contribution in [0.25, 0.3) is 82.7 Å². The van der Waals surface area contributed by atoms with Crippen LogP contribution >= 0.6 is 0 Å². The zero-order valence-electron chi connectivity index (χ0n) is 28.3.